The minimum atomic E-state index is -3.53. The second-order valence-electron chi connectivity index (χ2n) is 7.97. The van der Waals surface area contributed by atoms with Gasteiger partial charge in [-0.25, -0.2) is 8.42 Å². The van der Waals surface area contributed by atoms with Crippen molar-refractivity contribution in [1.82, 2.24) is 14.2 Å². The van der Waals surface area contributed by atoms with E-state index < -0.39 is 10.0 Å². The fourth-order valence-electron chi connectivity index (χ4n) is 4.48. The number of nitrogens with one attached hydrogen (secondary N) is 1. The molecule has 1 N–H and O–H groups in total. The Labute approximate surface area is 188 Å². The molecular formula is C21H30ClN3O3S2. The molecule has 2 aromatic rings. The highest BCUT2D eigenvalue weighted by Gasteiger charge is 2.38. The number of hydrogen-bond acceptors (Lipinski definition) is 5. The monoisotopic (exact) mass is 471 g/mol. The Bertz CT molecular complexity index is 1040. The van der Waals surface area contributed by atoms with Crippen molar-refractivity contribution in [1.29, 1.82) is 0 Å². The van der Waals surface area contributed by atoms with Gasteiger partial charge in [-0.1, -0.05) is 6.92 Å². The highest BCUT2D eigenvalue weighted by Crippen LogP contribution is 2.36. The van der Waals surface area contributed by atoms with Crippen LogP contribution in [0.5, 0.6) is 0 Å². The Hall–Kier alpha value is -1.19. The molecule has 30 heavy (non-hydrogen) atoms. The van der Waals surface area contributed by atoms with Crippen molar-refractivity contribution in [2.45, 2.75) is 62.7 Å². The van der Waals surface area contributed by atoms with Crippen LogP contribution in [0.1, 0.15) is 50.3 Å². The van der Waals surface area contributed by atoms with Crippen molar-refractivity contribution in [3.05, 3.63) is 39.8 Å². The van der Waals surface area contributed by atoms with Crippen molar-refractivity contribution < 1.29 is 8.42 Å². The Morgan fingerprint density at radius 1 is 1.13 bits per heavy atom. The quantitative estimate of drug-likeness (QED) is 0.715. The number of rotatable bonds is 5. The van der Waals surface area contributed by atoms with Crippen molar-refractivity contribution in [3.63, 3.8) is 0 Å². The van der Waals surface area contributed by atoms with Crippen LogP contribution in [0.2, 0.25) is 0 Å². The van der Waals surface area contributed by atoms with E-state index in [1.165, 1.54) is 11.3 Å². The normalized spacial score (nSPS) is 20.9. The van der Waals surface area contributed by atoms with Gasteiger partial charge in [-0.3, -0.25) is 9.69 Å². The van der Waals surface area contributed by atoms with Gasteiger partial charge < -0.3 is 4.98 Å². The molecule has 0 bridgehead atoms. The molecule has 0 amide bonds. The minimum Gasteiger partial charge on any atom is -0.326 e. The first-order chi connectivity index (χ1) is 13.9. The lowest BCUT2D eigenvalue weighted by Crippen LogP contribution is -2.52. The highest BCUT2D eigenvalue weighted by atomic mass is 35.5. The van der Waals surface area contributed by atoms with Gasteiger partial charge in [0.25, 0.3) is 15.6 Å². The molecule has 1 atom stereocenters. The summed E-state index contributed by atoms with van der Waals surface area (Å²) >= 11 is 1.30. The van der Waals surface area contributed by atoms with Crippen molar-refractivity contribution in [2.24, 2.45) is 0 Å². The molecule has 2 aliphatic rings. The maximum Gasteiger partial charge on any atom is 0.253 e. The summed E-state index contributed by atoms with van der Waals surface area (Å²) in [4.78, 5) is 18.1. The summed E-state index contributed by atoms with van der Waals surface area (Å²) in [6.07, 6.45) is 5.85. The summed E-state index contributed by atoms with van der Waals surface area (Å²) < 4.78 is 29.1. The number of aromatic amines is 1. The average molecular weight is 472 g/mol. The summed E-state index contributed by atoms with van der Waals surface area (Å²) in [5.41, 5.74) is 2.32. The Morgan fingerprint density at radius 2 is 1.83 bits per heavy atom. The first kappa shape index (κ1) is 23.5. The number of nitrogens with zero attached hydrogens (tertiary/aromatic N) is 2. The SMILES string of the molecule is CCc1cc(-c2ccc(S(=O)(=O)N3CCCCC3N3CCCC3)s2)c(C)[nH]c1=O.Cl. The van der Waals surface area contributed by atoms with Gasteiger partial charge in [0.1, 0.15) is 4.21 Å². The van der Waals surface area contributed by atoms with Crippen LogP contribution < -0.4 is 5.56 Å². The zero-order chi connectivity index (χ0) is 20.6. The number of sulfonamides is 1. The molecule has 2 fully saturated rings. The smallest absolute Gasteiger partial charge is 0.253 e. The van der Waals surface area contributed by atoms with Gasteiger partial charge in [-0.2, -0.15) is 4.31 Å². The molecule has 166 valence electrons. The average Bonchev–Trinajstić information content (AvgIpc) is 3.41. The second kappa shape index (κ2) is 9.53. The van der Waals surface area contributed by atoms with Gasteiger partial charge in [0.05, 0.1) is 6.17 Å². The zero-order valence-electron chi connectivity index (χ0n) is 17.5. The van der Waals surface area contributed by atoms with Crippen LogP contribution >= 0.6 is 23.7 Å². The number of pyridine rings is 1. The summed E-state index contributed by atoms with van der Waals surface area (Å²) in [5.74, 6) is 0. The molecule has 2 aromatic heterocycles. The van der Waals surface area contributed by atoms with Crippen LogP contribution in [0.4, 0.5) is 0 Å². The third-order valence-corrected chi connectivity index (χ3v) is 9.57. The van der Waals surface area contributed by atoms with Crippen LogP contribution in [-0.4, -0.2) is 48.4 Å². The van der Waals surface area contributed by atoms with E-state index in [9.17, 15) is 13.2 Å². The molecule has 4 rings (SSSR count). The zero-order valence-corrected chi connectivity index (χ0v) is 20.0. The summed E-state index contributed by atoms with van der Waals surface area (Å²) in [6.45, 7) is 6.38. The van der Waals surface area contributed by atoms with Gasteiger partial charge in [-0.05, 0) is 76.7 Å². The van der Waals surface area contributed by atoms with Gasteiger partial charge in [0.15, 0.2) is 0 Å². The molecule has 0 spiro atoms. The summed E-state index contributed by atoms with van der Waals surface area (Å²) in [5, 5.41) is 0. The molecule has 0 aliphatic carbocycles. The second-order valence-corrected chi connectivity index (χ2v) is 11.2. The Balaban J connectivity index is 0.00000256. The highest BCUT2D eigenvalue weighted by molar-refractivity contribution is 7.91. The number of likely N-dealkylation sites (tertiary alicyclic amines) is 1. The predicted molar refractivity (Wildman–Crippen MR) is 124 cm³/mol. The van der Waals surface area contributed by atoms with E-state index in [-0.39, 0.29) is 24.1 Å². The molecule has 6 nitrogen and oxygen atoms in total. The molecule has 2 saturated heterocycles. The third kappa shape index (κ3) is 4.39. The number of H-pyrrole nitrogens is 1. The largest absolute Gasteiger partial charge is 0.326 e. The fourth-order valence-corrected chi connectivity index (χ4v) is 7.66. The minimum absolute atomic E-state index is 0. The Morgan fingerprint density at radius 3 is 2.53 bits per heavy atom. The van der Waals surface area contributed by atoms with E-state index in [2.05, 4.69) is 9.88 Å². The molecule has 0 aromatic carbocycles. The van der Waals surface area contributed by atoms with E-state index in [0.717, 1.165) is 61.3 Å². The number of aromatic nitrogens is 1. The Kier molecular flexibility index (Phi) is 7.45. The van der Waals surface area contributed by atoms with Gasteiger partial charge in [0.2, 0.25) is 0 Å². The third-order valence-electron chi connectivity index (χ3n) is 6.09. The molecular weight excluding hydrogens is 442 g/mol. The van der Waals surface area contributed by atoms with E-state index in [4.69, 9.17) is 0 Å². The van der Waals surface area contributed by atoms with E-state index in [0.29, 0.717) is 22.7 Å². The lowest BCUT2D eigenvalue weighted by molar-refractivity contribution is 0.0914. The summed E-state index contributed by atoms with van der Waals surface area (Å²) in [7, 11) is -3.53. The standard InChI is InChI=1S/C21H29N3O3S2.ClH/c1-3-16-14-17(15(2)22-21(16)25)18-9-10-20(28-18)29(26,27)24-13-5-4-8-19(24)23-11-6-7-12-23;/h9-10,14,19H,3-8,11-13H2,1-2H3,(H,22,25);1H. The van der Waals surface area contributed by atoms with Gasteiger partial charge in [0, 0.05) is 28.2 Å². The summed E-state index contributed by atoms with van der Waals surface area (Å²) in [6, 6.07) is 5.48. The molecule has 1 unspecified atom stereocenters. The lowest BCUT2D eigenvalue weighted by Gasteiger charge is -2.39. The van der Waals surface area contributed by atoms with Gasteiger partial charge >= 0.3 is 0 Å². The van der Waals surface area contributed by atoms with E-state index >= 15 is 0 Å². The topological polar surface area (TPSA) is 73.5 Å². The molecule has 4 heterocycles. The van der Waals surface area contributed by atoms with Gasteiger partial charge in [-0.15, -0.1) is 23.7 Å². The van der Waals surface area contributed by atoms with Crippen LogP contribution in [0.15, 0.2) is 27.2 Å². The predicted octanol–water partition coefficient (Wildman–Crippen LogP) is 3.99. The number of thiophene rings is 1. The first-order valence-corrected chi connectivity index (χ1v) is 12.8. The van der Waals surface area contributed by atoms with Crippen LogP contribution in [-0.2, 0) is 16.4 Å². The number of halogens is 1. The molecule has 2 aliphatic heterocycles. The van der Waals surface area contributed by atoms with Crippen molar-refractivity contribution >= 4 is 33.8 Å². The number of aryl methyl sites for hydroxylation is 2. The maximum atomic E-state index is 13.5. The van der Waals surface area contributed by atoms with E-state index in [1.807, 2.05) is 26.0 Å². The molecule has 9 heteroatoms. The first-order valence-electron chi connectivity index (χ1n) is 10.5. The van der Waals surface area contributed by atoms with Crippen molar-refractivity contribution in [3.8, 4) is 10.4 Å². The van der Waals surface area contributed by atoms with Crippen molar-refractivity contribution in [2.75, 3.05) is 19.6 Å². The van der Waals surface area contributed by atoms with Crippen LogP contribution in [0.25, 0.3) is 10.4 Å². The molecule has 0 radical (unpaired) electrons. The number of hydrogen-bond donors (Lipinski definition) is 1. The van der Waals surface area contributed by atoms with Crippen LogP contribution in [0, 0.1) is 6.92 Å². The van der Waals surface area contributed by atoms with E-state index in [1.54, 1.807) is 10.4 Å². The fraction of sp³-hybridized carbons (Fsp3) is 0.571. The number of piperidine rings is 1. The lowest BCUT2D eigenvalue weighted by atomic mass is 10.1. The maximum absolute atomic E-state index is 13.5. The molecule has 0 saturated carbocycles. The van der Waals surface area contributed by atoms with Crippen LogP contribution in [0.3, 0.4) is 0 Å².